The molecule has 1 spiro atoms. The zero-order valence-corrected chi connectivity index (χ0v) is 15.4. The van der Waals surface area contributed by atoms with Gasteiger partial charge in [-0.15, -0.1) is 0 Å². The third-order valence-electron chi connectivity index (χ3n) is 10.4. The molecule has 3 nitrogen and oxygen atoms in total. The number of aliphatic hydroxyl groups excluding tert-OH is 1. The Balaban J connectivity index is 1.67. The van der Waals surface area contributed by atoms with Crippen molar-refractivity contribution in [2.24, 2.45) is 39.9 Å². The second-order valence-electron chi connectivity index (χ2n) is 10.2. The minimum absolute atomic E-state index is 0.103. The van der Waals surface area contributed by atoms with E-state index < -0.39 is 5.60 Å². The van der Waals surface area contributed by atoms with E-state index >= 15 is 0 Å². The van der Waals surface area contributed by atoms with Gasteiger partial charge in [-0.25, -0.2) is 0 Å². The van der Waals surface area contributed by atoms with Crippen molar-refractivity contribution < 1.29 is 14.9 Å². The third-order valence-corrected chi connectivity index (χ3v) is 10.4. The minimum Gasteiger partial charge on any atom is -0.512 e. The molecule has 0 heterocycles. The number of aliphatic hydroxyl groups is 2. The molecular weight excluding hydrogens is 312 g/mol. The van der Waals surface area contributed by atoms with E-state index in [9.17, 15) is 10.2 Å². The van der Waals surface area contributed by atoms with Crippen LogP contribution in [0.25, 0.3) is 0 Å². The van der Waals surface area contributed by atoms with E-state index in [1.54, 1.807) is 7.11 Å². The molecule has 3 heteroatoms. The van der Waals surface area contributed by atoms with Crippen LogP contribution >= 0.6 is 0 Å². The number of allylic oxidation sites excluding steroid dienone is 2. The van der Waals surface area contributed by atoms with Crippen LogP contribution < -0.4 is 0 Å². The molecule has 6 rings (SSSR count). The number of fused-ring (bicyclic) bond motifs is 1. The zero-order chi connectivity index (χ0) is 17.2. The summed E-state index contributed by atoms with van der Waals surface area (Å²) < 4.78 is 5.77. The maximum Gasteiger partial charge on any atom is 0.111 e. The topological polar surface area (TPSA) is 49.7 Å². The quantitative estimate of drug-likeness (QED) is 0.709. The number of hydrogen-bond acceptors (Lipinski definition) is 3. The number of rotatable bonds is 1. The summed E-state index contributed by atoms with van der Waals surface area (Å²) in [5, 5.41) is 23.1. The molecule has 0 unspecified atom stereocenters. The fourth-order valence-electron chi connectivity index (χ4n) is 9.85. The highest BCUT2D eigenvalue weighted by molar-refractivity contribution is 5.43. The standard InChI is InChI=1S/C22H30O3/c1-19-17-13-7-10-20(19)8-3-5-14(20)6-4-9-21(19,12-13)22(24)16(25-2)11-15(23)18(17)22/h4,6,11,13-14,16-18,23-24H,3,5,7-10,12H2,1-2H3/t13-,14+,16+,17-,18+,19+,20-,21-,22+/m0/s1. The van der Waals surface area contributed by atoms with E-state index in [0.29, 0.717) is 28.9 Å². The van der Waals surface area contributed by atoms with Gasteiger partial charge < -0.3 is 14.9 Å². The van der Waals surface area contributed by atoms with Gasteiger partial charge in [0.2, 0.25) is 0 Å². The van der Waals surface area contributed by atoms with E-state index in [1.165, 1.54) is 32.1 Å². The van der Waals surface area contributed by atoms with Gasteiger partial charge in [0.1, 0.15) is 11.7 Å². The van der Waals surface area contributed by atoms with E-state index in [4.69, 9.17) is 4.74 Å². The summed E-state index contributed by atoms with van der Waals surface area (Å²) in [7, 11) is 1.69. The molecule has 6 aliphatic rings. The molecule has 0 aromatic heterocycles. The van der Waals surface area contributed by atoms with Crippen LogP contribution in [-0.4, -0.2) is 29.0 Å². The predicted octanol–water partition coefficient (Wildman–Crippen LogP) is 3.99. The van der Waals surface area contributed by atoms with Crippen molar-refractivity contribution in [3.05, 3.63) is 24.0 Å². The van der Waals surface area contributed by atoms with Gasteiger partial charge >= 0.3 is 0 Å². The van der Waals surface area contributed by atoms with Crippen LogP contribution in [-0.2, 0) is 4.74 Å². The first-order valence-electron chi connectivity index (χ1n) is 10.3. The van der Waals surface area contributed by atoms with Crippen LogP contribution in [0, 0.1) is 39.9 Å². The van der Waals surface area contributed by atoms with E-state index in [0.717, 1.165) is 12.8 Å². The van der Waals surface area contributed by atoms with Crippen molar-refractivity contribution in [1.82, 2.24) is 0 Å². The van der Waals surface area contributed by atoms with Crippen molar-refractivity contribution in [2.75, 3.05) is 7.11 Å². The van der Waals surface area contributed by atoms with Crippen LogP contribution in [0.3, 0.4) is 0 Å². The molecule has 25 heavy (non-hydrogen) atoms. The molecule has 136 valence electrons. The molecule has 0 aromatic rings. The SMILES string of the molecule is CO[C@@H]1C=C(O)[C@@H]2[C@@H]3[C@H]4CC[C@@]56CCC[C@@H]5C=CC[C@@](C4)([C@]21O)[C@]36C. The number of methoxy groups -OCH3 is 1. The first kappa shape index (κ1) is 15.3. The maximum atomic E-state index is 12.2. The molecule has 4 bridgehead atoms. The Labute approximate surface area is 150 Å². The van der Waals surface area contributed by atoms with Crippen molar-refractivity contribution in [3.8, 4) is 0 Å². The zero-order valence-electron chi connectivity index (χ0n) is 15.4. The minimum atomic E-state index is -0.944. The van der Waals surface area contributed by atoms with Crippen molar-refractivity contribution in [3.63, 3.8) is 0 Å². The van der Waals surface area contributed by atoms with Gasteiger partial charge in [0.25, 0.3) is 0 Å². The largest absolute Gasteiger partial charge is 0.512 e. The second kappa shape index (κ2) is 4.20. The third kappa shape index (κ3) is 1.20. The summed E-state index contributed by atoms with van der Waals surface area (Å²) in [4.78, 5) is 0. The molecular formula is C22H30O3. The number of hydrogen-bond donors (Lipinski definition) is 2. The highest BCUT2D eigenvalue weighted by Gasteiger charge is 2.87. The summed E-state index contributed by atoms with van der Waals surface area (Å²) in [5.41, 5.74) is -0.684. The van der Waals surface area contributed by atoms with Gasteiger partial charge in [0.15, 0.2) is 0 Å². The van der Waals surface area contributed by atoms with E-state index in [1.807, 2.05) is 6.08 Å². The Bertz CT molecular complexity index is 712. The lowest BCUT2D eigenvalue weighted by Gasteiger charge is -2.58. The van der Waals surface area contributed by atoms with Gasteiger partial charge in [-0.1, -0.05) is 25.5 Å². The summed E-state index contributed by atoms with van der Waals surface area (Å²) in [6, 6.07) is 0. The second-order valence-corrected chi connectivity index (χ2v) is 10.2. The fourth-order valence-corrected chi connectivity index (χ4v) is 9.85. The molecule has 2 N–H and O–H groups in total. The molecule has 9 atom stereocenters. The monoisotopic (exact) mass is 342 g/mol. The van der Waals surface area contributed by atoms with Crippen LogP contribution in [0.1, 0.15) is 51.9 Å². The van der Waals surface area contributed by atoms with Crippen molar-refractivity contribution in [2.45, 2.75) is 63.6 Å². The maximum absolute atomic E-state index is 12.2. The molecule has 0 saturated heterocycles. The van der Waals surface area contributed by atoms with E-state index in [-0.39, 0.29) is 22.9 Å². The summed E-state index contributed by atoms with van der Waals surface area (Å²) in [5.74, 6) is 2.01. The van der Waals surface area contributed by atoms with Crippen LogP contribution in [0.5, 0.6) is 0 Å². The van der Waals surface area contributed by atoms with Crippen LogP contribution in [0.4, 0.5) is 0 Å². The van der Waals surface area contributed by atoms with Gasteiger partial charge in [-0.05, 0) is 73.2 Å². The lowest BCUT2D eigenvalue weighted by atomic mass is 9.46. The molecule has 4 fully saturated rings. The molecule has 0 radical (unpaired) electrons. The van der Waals surface area contributed by atoms with Crippen LogP contribution in [0.2, 0.25) is 0 Å². The molecule has 0 aliphatic heterocycles. The van der Waals surface area contributed by atoms with Crippen molar-refractivity contribution in [1.29, 1.82) is 0 Å². The molecule has 0 amide bonds. The average molecular weight is 342 g/mol. The van der Waals surface area contributed by atoms with Crippen molar-refractivity contribution >= 4 is 0 Å². The lowest BCUT2D eigenvalue weighted by molar-refractivity contribution is -0.188. The smallest absolute Gasteiger partial charge is 0.111 e. The normalized spacial score (nSPS) is 63.3. The molecule has 0 aromatic carbocycles. The lowest BCUT2D eigenvalue weighted by Crippen LogP contribution is -2.60. The predicted molar refractivity (Wildman–Crippen MR) is 94.9 cm³/mol. The summed E-state index contributed by atoms with van der Waals surface area (Å²) >= 11 is 0. The fraction of sp³-hybridized carbons (Fsp3) is 0.818. The van der Waals surface area contributed by atoms with Crippen LogP contribution in [0.15, 0.2) is 24.0 Å². The van der Waals surface area contributed by atoms with Gasteiger partial charge in [-0.2, -0.15) is 0 Å². The Morgan fingerprint density at radius 2 is 2.08 bits per heavy atom. The number of ether oxygens (including phenoxy) is 1. The first-order chi connectivity index (χ1) is 12.0. The molecule has 6 aliphatic carbocycles. The van der Waals surface area contributed by atoms with E-state index in [2.05, 4.69) is 19.1 Å². The van der Waals surface area contributed by atoms with Gasteiger partial charge in [-0.3, -0.25) is 0 Å². The molecule has 4 saturated carbocycles. The van der Waals surface area contributed by atoms with Gasteiger partial charge in [0, 0.05) is 12.5 Å². The van der Waals surface area contributed by atoms with Gasteiger partial charge in [0.05, 0.1) is 11.7 Å². The first-order valence-corrected chi connectivity index (χ1v) is 10.3. The highest BCUT2D eigenvalue weighted by Crippen LogP contribution is 2.88. The average Bonchev–Trinajstić information content (AvgIpc) is 3.20. The Hall–Kier alpha value is -0.800. The Morgan fingerprint density at radius 3 is 2.88 bits per heavy atom. The summed E-state index contributed by atoms with van der Waals surface area (Å²) in [6.07, 6.45) is 14.9. The summed E-state index contributed by atoms with van der Waals surface area (Å²) in [6.45, 7) is 2.51. The highest BCUT2D eigenvalue weighted by atomic mass is 16.5. The Morgan fingerprint density at radius 1 is 1.24 bits per heavy atom. The Kier molecular flexibility index (Phi) is 2.56.